The van der Waals surface area contributed by atoms with Crippen LogP contribution in [0.15, 0.2) is 48.5 Å². The molecule has 1 unspecified atom stereocenters. The van der Waals surface area contributed by atoms with Crippen molar-refractivity contribution in [2.45, 2.75) is 32.7 Å². The first kappa shape index (κ1) is 24.9. The van der Waals surface area contributed by atoms with Gasteiger partial charge in [0.2, 0.25) is 5.91 Å². The number of methoxy groups -OCH3 is 1. The molecule has 2 aromatic rings. The number of hydrogen-bond acceptors (Lipinski definition) is 5. The van der Waals surface area contributed by atoms with E-state index < -0.39 is 0 Å². The highest BCUT2D eigenvalue weighted by Crippen LogP contribution is 2.12. The molecule has 4 N–H and O–H groups in total. The normalized spacial score (nSPS) is 11.3. The van der Waals surface area contributed by atoms with E-state index in [2.05, 4.69) is 21.3 Å². The van der Waals surface area contributed by atoms with E-state index in [1.54, 1.807) is 55.6 Å². The Morgan fingerprint density at radius 2 is 1.72 bits per heavy atom. The second kappa shape index (κ2) is 13.1. The molecule has 0 aliphatic carbocycles. The molecule has 32 heavy (non-hydrogen) atoms. The Kier molecular flexibility index (Phi) is 10.2. The van der Waals surface area contributed by atoms with Crippen LogP contribution < -0.4 is 21.3 Å². The number of carbonyl (C=O) groups is 3. The zero-order valence-electron chi connectivity index (χ0n) is 18.9. The molecule has 0 radical (unpaired) electrons. The van der Waals surface area contributed by atoms with Crippen molar-refractivity contribution in [2.75, 3.05) is 37.4 Å². The zero-order chi connectivity index (χ0) is 23.3. The Labute approximate surface area is 189 Å². The summed E-state index contributed by atoms with van der Waals surface area (Å²) in [7, 11) is 1.62. The number of ether oxygens (including phenoxy) is 1. The van der Waals surface area contributed by atoms with Crippen molar-refractivity contribution < 1.29 is 19.1 Å². The number of anilines is 2. The van der Waals surface area contributed by atoms with Gasteiger partial charge in [-0.1, -0.05) is 13.0 Å². The molecule has 0 aromatic heterocycles. The summed E-state index contributed by atoms with van der Waals surface area (Å²) in [5.41, 5.74) is 2.31. The molecular weight excluding hydrogens is 408 g/mol. The number of carbonyl (C=O) groups excluding carboxylic acids is 3. The summed E-state index contributed by atoms with van der Waals surface area (Å²) in [4.78, 5) is 36.6. The van der Waals surface area contributed by atoms with Crippen LogP contribution in [0.2, 0.25) is 0 Å². The number of hydrogen-bond donors (Lipinski definition) is 4. The van der Waals surface area contributed by atoms with Crippen LogP contribution in [0.1, 0.15) is 47.4 Å². The quantitative estimate of drug-likeness (QED) is 0.380. The van der Waals surface area contributed by atoms with Gasteiger partial charge in [0.15, 0.2) is 0 Å². The van der Waals surface area contributed by atoms with Crippen LogP contribution in [-0.4, -0.2) is 50.6 Å². The van der Waals surface area contributed by atoms with E-state index in [4.69, 9.17) is 4.74 Å². The third-order valence-electron chi connectivity index (χ3n) is 4.81. The van der Waals surface area contributed by atoms with E-state index in [-0.39, 0.29) is 30.3 Å². The first-order valence-corrected chi connectivity index (χ1v) is 10.7. The van der Waals surface area contributed by atoms with Crippen LogP contribution in [0.5, 0.6) is 0 Å². The fourth-order valence-corrected chi connectivity index (χ4v) is 2.79. The molecule has 3 amide bonds. The van der Waals surface area contributed by atoms with Crippen LogP contribution in [-0.2, 0) is 9.53 Å². The largest absolute Gasteiger partial charge is 0.385 e. The maximum absolute atomic E-state index is 12.3. The van der Waals surface area contributed by atoms with Gasteiger partial charge in [-0.15, -0.1) is 0 Å². The van der Waals surface area contributed by atoms with E-state index in [1.165, 1.54) is 0 Å². The van der Waals surface area contributed by atoms with Crippen molar-refractivity contribution in [3.63, 3.8) is 0 Å². The first-order valence-electron chi connectivity index (χ1n) is 10.7. The Balaban J connectivity index is 1.82. The lowest BCUT2D eigenvalue weighted by Gasteiger charge is -2.12. The average molecular weight is 441 g/mol. The van der Waals surface area contributed by atoms with Gasteiger partial charge in [0.05, 0.1) is 6.54 Å². The lowest BCUT2D eigenvalue weighted by atomic mass is 10.1. The molecule has 8 heteroatoms. The topological polar surface area (TPSA) is 109 Å². The Bertz CT molecular complexity index is 899. The summed E-state index contributed by atoms with van der Waals surface area (Å²) in [6, 6.07) is 13.8. The molecule has 0 bridgehead atoms. The van der Waals surface area contributed by atoms with Crippen molar-refractivity contribution >= 4 is 29.1 Å². The number of amides is 3. The molecule has 0 aliphatic heterocycles. The number of nitrogens with one attached hydrogen (secondary N) is 4. The predicted molar refractivity (Wildman–Crippen MR) is 126 cm³/mol. The van der Waals surface area contributed by atoms with Crippen molar-refractivity contribution in [1.82, 2.24) is 10.6 Å². The second-order valence-electron chi connectivity index (χ2n) is 7.44. The third kappa shape index (κ3) is 8.39. The molecule has 0 aliphatic rings. The lowest BCUT2D eigenvalue weighted by Crippen LogP contribution is -2.32. The second-order valence-corrected chi connectivity index (χ2v) is 7.44. The monoisotopic (exact) mass is 440 g/mol. The highest BCUT2D eigenvalue weighted by Gasteiger charge is 2.10. The predicted octanol–water partition coefficient (Wildman–Crippen LogP) is 3.03. The van der Waals surface area contributed by atoms with Gasteiger partial charge in [0.1, 0.15) is 0 Å². The van der Waals surface area contributed by atoms with Gasteiger partial charge in [-0.25, -0.2) is 0 Å². The Hall–Kier alpha value is -3.39. The molecule has 2 aromatic carbocycles. The number of benzene rings is 2. The summed E-state index contributed by atoms with van der Waals surface area (Å²) in [6.45, 7) is 5.14. The minimum Gasteiger partial charge on any atom is -0.385 e. The standard InChI is InChI=1S/C24H32N4O4/c1-4-17(2)27-24(31)19-7-5-8-21(15-19)28-22(29)16-26-20-11-9-18(10-12-20)23(30)25-13-6-14-32-3/h5,7-12,15,17,26H,4,6,13-14,16H2,1-3H3,(H,25,30)(H,27,31)(H,28,29). The summed E-state index contributed by atoms with van der Waals surface area (Å²) in [5, 5.41) is 11.5. The molecule has 1 atom stereocenters. The fraction of sp³-hybridized carbons (Fsp3) is 0.375. The highest BCUT2D eigenvalue weighted by molar-refractivity contribution is 5.98. The van der Waals surface area contributed by atoms with E-state index >= 15 is 0 Å². The molecule has 0 spiro atoms. The molecule has 0 heterocycles. The first-order chi connectivity index (χ1) is 15.4. The van der Waals surface area contributed by atoms with Gasteiger partial charge >= 0.3 is 0 Å². The fourth-order valence-electron chi connectivity index (χ4n) is 2.79. The molecule has 8 nitrogen and oxygen atoms in total. The molecule has 0 fully saturated rings. The van der Waals surface area contributed by atoms with Crippen molar-refractivity contribution in [3.8, 4) is 0 Å². The highest BCUT2D eigenvalue weighted by atomic mass is 16.5. The summed E-state index contributed by atoms with van der Waals surface area (Å²) in [6.07, 6.45) is 1.59. The third-order valence-corrected chi connectivity index (χ3v) is 4.81. The van der Waals surface area contributed by atoms with E-state index in [1.807, 2.05) is 13.8 Å². The lowest BCUT2D eigenvalue weighted by molar-refractivity contribution is -0.114. The summed E-state index contributed by atoms with van der Waals surface area (Å²) >= 11 is 0. The van der Waals surface area contributed by atoms with Gasteiger partial charge in [-0.3, -0.25) is 14.4 Å². The Morgan fingerprint density at radius 3 is 2.41 bits per heavy atom. The van der Waals surface area contributed by atoms with E-state index in [0.29, 0.717) is 30.0 Å². The summed E-state index contributed by atoms with van der Waals surface area (Å²) < 4.78 is 4.95. The Morgan fingerprint density at radius 1 is 0.969 bits per heavy atom. The van der Waals surface area contributed by atoms with Crippen molar-refractivity contribution in [2.24, 2.45) is 0 Å². The molecule has 2 rings (SSSR count). The minimum atomic E-state index is -0.246. The van der Waals surface area contributed by atoms with Gasteiger partial charge in [0.25, 0.3) is 11.8 Å². The smallest absolute Gasteiger partial charge is 0.251 e. The molecule has 172 valence electrons. The SMILES string of the molecule is CCC(C)NC(=O)c1cccc(NC(=O)CNc2ccc(C(=O)NCCCOC)cc2)c1. The maximum atomic E-state index is 12.3. The molecule has 0 saturated heterocycles. The van der Waals surface area contributed by atoms with Gasteiger partial charge in [-0.2, -0.15) is 0 Å². The van der Waals surface area contributed by atoms with E-state index in [9.17, 15) is 14.4 Å². The number of rotatable bonds is 12. The van der Waals surface area contributed by atoms with Crippen LogP contribution in [0.25, 0.3) is 0 Å². The van der Waals surface area contributed by atoms with Crippen LogP contribution in [0.3, 0.4) is 0 Å². The molecule has 0 saturated carbocycles. The summed E-state index contributed by atoms with van der Waals surface area (Å²) in [5.74, 6) is -0.566. The maximum Gasteiger partial charge on any atom is 0.251 e. The molecular formula is C24H32N4O4. The van der Waals surface area contributed by atoms with E-state index in [0.717, 1.165) is 18.5 Å². The van der Waals surface area contributed by atoms with Crippen LogP contribution in [0.4, 0.5) is 11.4 Å². The van der Waals surface area contributed by atoms with Crippen molar-refractivity contribution in [1.29, 1.82) is 0 Å². The van der Waals surface area contributed by atoms with Crippen molar-refractivity contribution in [3.05, 3.63) is 59.7 Å². The van der Waals surface area contributed by atoms with Crippen LogP contribution in [0, 0.1) is 0 Å². The average Bonchev–Trinajstić information content (AvgIpc) is 2.80. The van der Waals surface area contributed by atoms with Gasteiger partial charge < -0.3 is 26.0 Å². The van der Waals surface area contributed by atoms with Gasteiger partial charge in [0, 0.05) is 48.8 Å². The minimum absolute atomic E-state index is 0.0475. The van der Waals surface area contributed by atoms with Gasteiger partial charge in [-0.05, 0) is 62.2 Å². The zero-order valence-corrected chi connectivity index (χ0v) is 18.9. The van der Waals surface area contributed by atoms with Crippen LogP contribution >= 0.6 is 0 Å².